The Balaban J connectivity index is 1.31. The fraction of sp³-hybridized carbons (Fsp3) is 0.520. The minimum atomic E-state index is -0.169. The van der Waals surface area contributed by atoms with Crippen molar-refractivity contribution in [2.45, 2.75) is 46.5 Å². The Morgan fingerprint density at radius 1 is 0.939 bits per heavy atom. The maximum absolute atomic E-state index is 13.2. The summed E-state index contributed by atoms with van der Waals surface area (Å²) in [6.07, 6.45) is 2.94. The smallest absolute Gasteiger partial charge is 0.253 e. The standard InChI is InChI=1S/C25H32N4O3S/c1-16-11-17(2)13-21(12-16)24(32)29-8-4-5-20(14-29)23(31)28-9-6-19(7-10-28)22(30)27-25-26-18(3)15-33-25/h11-13,15,19-20H,4-10,14H2,1-3H3,(H,26,27,30). The predicted molar refractivity (Wildman–Crippen MR) is 129 cm³/mol. The Morgan fingerprint density at radius 2 is 1.64 bits per heavy atom. The van der Waals surface area contributed by atoms with Crippen molar-refractivity contribution in [1.82, 2.24) is 14.8 Å². The van der Waals surface area contributed by atoms with Crippen LogP contribution in [0.5, 0.6) is 0 Å². The number of hydrogen-bond donors (Lipinski definition) is 1. The van der Waals surface area contributed by atoms with Gasteiger partial charge in [-0.25, -0.2) is 4.98 Å². The molecule has 1 atom stereocenters. The number of thiazole rings is 1. The molecule has 1 N–H and O–H groups in total. The van der Waals surface area contributed by atoms with E-state index in [1.807, 2.05) is 48.1 Å². The van der Waals surface area contributed by atoms with Gasteiger partial charge >= 0.3 is 0 Å². The van der Waals surface area contributed by atoms with Gasteiger partial charge in [-0.1, -0.05) is 17.2 Å². The highest BCUT2D eigenvalue weighted by Gasteiger charge is 2.34. The van der Waals surface area contributed by atoms with Crippen LogP contribution in [-0.4, -0.2) is 58.7 Å². The normalized spacial score (nSPS) is 19.4. The third kappa shape index (κ3) is 5.61. The molecule has 1 unspecified atom stereocenters. The molecule has 0 spiro atoms. The number of piperidine rings is 2. The molecular formula is C25H32N4O3S. The van der Waals surface area contributed by atoms with Crippen LogP contribution in [0.4, 0.5) is 5.13 Å². The Morgan fingerprint density at radius 3 is 2.27 bits per heavy atom. The minimum absolute atomic E-state index is 0.00658. The Kier molecular flexibility index (Phi) is 7.12. The number of benzene rings is 1. The van der Waals surface area contributed by atoms with E-state index in [1.165, 1.54) is 11.3 Å². The van der Waals surface area contributed by atoms with Crippen LogP contribution in [0.2, 0.25) is 0 Å². The van der Waals surface area contributed by atoms with Crippen molar-refractivity contribution >= 4 is 34.2 Å². The van der Waals surface area contributed by atoms with Crippen LogP contribution in [0.25, 0.3) is 0 Å². The fourth-order valence-electron chi connectivity index (χ4n) is 4.88. The van der Waals surface area contributed by atoms with E-state index >= 15 is 0 Å². The van der Waals surface area contributed by atoms with Gasteiger partial charge in [-0.15, -0.1) is 11.3 Å². The summed E-state index contributed by atoms with van der Waals surface area (Å²) in [5, 5.41) is 5.45. The number of nitrogens with one attached hydrogen (secondary N) is 1. The maximum Gasteiger partial charge on any atom is 0.253 e. The van der Waals surface area contributed by atoms with Crippen LogP contribution in [0.15, 0.2) is 23.6 Å². The van der Waals surface area contributed by atoms with Gasteiger partial charge in [0.2, 0.25) is 11.8 Å². The molecule has 0 saturated carbocycles. The quantitative estimate of drug-likeness (QED) is 0.740. The number of rotatable bonds is 4. The molecule has 7 nitrogen and oxygen atoms in total. The number of hydrogen-bond acceptors (Lipinski definition) is 5. The third-order valence-corrected chi connectivity index (χ3v) is 7.43. The Bertz CT molecular complexity index is 1020. The number of carbonyl (C=O) groups excluding carboxylic acids is 3. The fourth-order valence-corrected chi connectivity index (χ4v) is 5.57. The average molecular weight is 469 g/mol. The lowest BCUT2D eigenvalue weighted by Crippen LogP contribution is -2.49. The van der Waals surface area contributed by atoms with E-state index in [-0.39, 0.29) is 29.6 Å². The SMILES string of the molecule is Cc1cc(C)cc(C(=O)N2CCCC(C(=O)N3CCC(C(=O)Nc4nc(C)cs4)CC3)C2)c1. The Labute approximate surface area is 199 Å². The first kappa shape index (κ1) is 23.4. The van der Waals surface area contributed by atoms with Crippen molar-refractivity contribution in [2.24, 2.45) is 11.8 Å². The molecule has 2 saturated heterocycles. The molecule has 33 heavy (non-hydrogen) atoms. The number of nitrogens with zero attached hydrogens (tertiary/aromatic N) is 3. The highest BCUT2D eigenvalue weighted by molar-refractivity contribution is 7.13. The summed E-state index contributed by atoms with van der Waals surface area (Å²) in [4.78, 5) is 46.9. The van der Waals surface area contributed by atoms with Gasteiger partial charge in [0, 0.05) is 43.0 Å². The summed E-state index contributed by atoms with van der Waals surface area (Å²) in [5.41, 5.74) is 3.73. The van der Waals surface area contributed by atoms with Crippen LogP contribution in [0.3, 0.4) is 0 Å². The topological polar surface area (TPSA) is 82.6 Å². The molecule has 1 aromatic heterocycles. The van der Waals surface area contributed by atoms with E-state index in [4.69, 9.17) is 0 Å². The van der Waals surface area contributed by atoms with Crippen LogP contribution in [-0.2, 0) is 9.59 Å². The number of anilines is 1. The number of aromatic nitrogens is 1. The van der Waals surface area contributed by atoms with Crippen molar-refractivity contribution in [1.29, 1.82) is 0 Å². The zero-order valence-corrected chi connectivity index (χ0v) is 20.4. The molecule has 3 amide bonds. The molecule has 2 aliphatic heterocycles. The lowest BCUT2D eigenvalue weighted by molar-refractivity contribution is -0.139. The van der Waals surface area contributed by atoms with E-state index in [0.717, 1.165) is 29.7 Å². The molecule has 0 radical (unpaired) electrons. The van der Waals surface area contributed by atoms with E-state index in [2.05, 4.69) is 16.4 Å². The van der Waals surface area contributed by atoms with Crippen molar-refractivity contribution < 1.29 is 14.4 Å². The van der Waals surface area contributed by atoms with Crippen molar-refractivity contribution in [3.8, 4) is 0 Å². The molecule has 0 bridgehead atoms. The van der Waals surface area contributed by atoms with Gasteiger partial charge in [0.1, 0.15) is 0 Å². The van der Waals surface area contributed by atoms with Crippen LogP contribution in [0, 0.1) is 32.6 Å². The molecule has 4 rings (SSSR count). The van der Waals surface area contributed by atoms with Crippen molar-refractivity contribution in [3.63, 3.8) is 0 Å². The van der Waals surface area contributed by atoms with E-state index in [0.29, 0.717) is 49.7 Å². The summed E-state index contributed by atoms with van der Waals surface area (Å²) >= 11 is 1.43. The monoisotopic (exact) mass is 468 g/mol. The minimum Gasteiger partial charge on any atom is -0.342 e. The van der Waals surface area contributed by atoms with Gasteiger partial charge < -0.3 is 15.1 Å². The van der Waals surface area contributed by atoms with Gasteiger partial charge in [0.15, 0.2) is 5.13 Å². The van der Waals surface area contributed by atoms with E-state index in [9.17, 15) is 14.4 Å². The molecule has 2 aliphatic rings. The predicted octanol–water partition coefficient (Wildman–Crippen LogP) is 3.80. The largest absolute Gasteiger partial charge is 0.342 e. The molecule has 3 heterocycles. The second-order valence-corrected chi connectivity index (χ2v) is 10.2. The summed E-state index contributed by atoms with van der Waals surface area (Å²) < 4.78 is 0. The number of amides is 3. The van der Waals surface area contributed by atoms with Gasteiger partial charge in [0.05, 0.1) is 11.6 Å². The maximum atomic E-state index is 13.2. The summed E-state index contributed by atoms with van der Waals surface area (Å²) in [6.45, 7) is 8.20. The van der Waals surface area contributed by atoms with Crippen molar-refractivity contribution in [2.75, 3.05) is 31.5 Å². The van der Waals surface area contributed by atoms with Crippen LogP contribution >= 0.6 is 11.3 Å². The van der Waals surface area contributed by atoms with E-state index in [1.54, 1.807) is 0 Å². The molecule has 2 aromatic rings. The lowest BCUT2D eigenvalue weighted by Gasteiger charge is -2.37. The summed E-state index contributed by atoms with van der Waals surface area (Å²) in [7, 11) is 0. The molecule has 1 aromatic carbocycles. The molecule has 0 aliphatic carbocycles. The number of carbonyl (C=O) groups is 3. The van der Waals surface area contributed by atoms with Crippen LogP contribution in [0.1, 0.15) is 52.9 Å². The lowest BCUT2D eigenvalue weighted by atomic mass is 9.92. The van der Waals surface area contributed by atoms with Gasteiger partial charge in [-0.3, -0.25) is 14.4 Å². The first-order valence-corrected chi connectivity index (χ1v) is 12.6. The van der Waals surface area contributed by atoms with Gasteiger partial charge in [-0.05, 0) is 58.6 Å². The number of aryl methyl sites for hydroxylation is 3. The third-order valence-electron chi connectivity index (χ3n) is 6.55. The molecule has 2 fully saturated rings. The number of likely N-dealkylation sites (tertiary alicyclic amines) is 2. The zero-order valence-electron chi connectivity index (χ0n) is 19.6. The molecule has 176 valence electrons. The zero-order chi connectivity index (χ0) is 23.5. The first-order valence-electron chi connectivity index (χ1n) is 11.7. The summed E-state index contributed by atoms with van der Waals surface area (Å²) in [6, 6.07) is 5.90. The van der Waals surface area contributed by atoms with Gasteiger partial charge in [-0.2, -0.15) is 0 Å². The van der Waals surface area contributed by atoms with Gasteiger partial charge in [0.25, 0.3) is 5.91 Å². The van der Waals surface area contributed by atoms with Crippen LogP contribution < -0.4 is 5.32 Å². The first-order chi connectivity index (χ1) is 15.8. The highest BCUT2D eigenvalue weighted by atomic mass is 32.1. The molecular weight excluding hydrogens is 436 g/mol. The summed E-state index contributed by atoms with van der Waals surface area (Å²) in [5.74, 6) is -0.168. The molecule has 8 heteroatoms. The average Bonchev–Trinajstić information content (AvgIpc) is 3.22. The van der Waals surface area contributed by atoms with Crippen molar-refractivity contribution in [3.05, 3.63) is 46.0 Å². The second-order valence-electron chi connectivity index (χ2n) is 9.35. The Hall–Kier alpha value is -2.74. The second kappa shape index (κ2) is 10.0. The van der Waals surface area contributed by atoms with E-state index < -0.39 is 0 Å². The highest BCUT2D eigenvalue weighted by Crippen LogP contribution is 2.26.